The van der Waals surface area contributed by atoms with Gasteiger partial charge in [0.05, 0.1) is 17.9 Å². The Morgan fingerprint density at radius 3 is 1.89 bits per heavy atom. The third-order valence-electron chi connectivity index (χ3n) is 5.63. The van der Waals surface area contributed by atoms with Crippen molar-refractivity contribution in [3.05, 3.63) is 87.9 Å². The Bertz CT molecular complexity index is 1560. The maximum absolute atomic E-state index is 11.2. The van der Waals surface area contributed by atoms with Crippen LogP contribution in [0.4, 0.5) is 11.4 Å². The second-order valence-electron chi connectivity index (χ2n) is 8.96. The third-order valence-corrected chi connectivity index (χ3v) is 74.4. The number of nitrogen functional groups attached to an aromatic ring is 1. The van der Waals surface area contributed by atoms with Gasteiger partial charge in [-0.2, -0.15) is 0 Å². The van der Waals surface area contributed by atoms with Crippen LogP contribution in [0.25, 0.3) is 0 Å². The number of nitrogens with zero attached hydrogens (tertiary/aromatic N) is 1. The standard InChI is InChI=1S/C11H12BrNO2.C8H7N.C6H4Cl2O2S.H14P12/c1-15-11(14)8-6-13(7-8)10-4-2-3-9(12)5-10;1-2-7-5-3-4-6-8(7)9;7-5-1-3-6(4-2-5)11(8,9)10;1-8(2)11(7)12(9(3)4)10(5)6/h2-5,8H,6-7H2,1H3;1,3-6H,9H2;1-4H;1-7H2. The summed E-state index contributed by atoms with van der Waals surface area (Å²) >= 11 is 8.95. The molecular weight excluding hydrogens is 947 g/mol. The second kappa shape index (κ2) is 24.7. The minimum absolute atomic E-state index is 0.0361. The number of nitrogens with two attached hydrogens (primary N) is 1. The normalized spacial score (nSPS) is 13.3. The molecule has 258 valence electrons. The van der Waals surface area contributed by atoms with Gasteiger partial charge in [-0.1, -0.05) is 51.7 Å². The Morgan fingerprint density at radius 2 is 1.51 bits per heavy atom. The molecule has 3 aromatic rings. The number of para-hydroxylation sites is 1. The van der Waals surface area contributed by atoms with Gasteiger partial charge in [0.25, 0.3) is 9.05 Å². The van der Waals surface area contributed by atoms with Crippen molar-refractivity contribution in [2.45, 2.75) is 4.90 Å². The van der Waals surface area contributed by atoms with Crippen molar-refractivity contribution in [3.8, 4) is 12.3 Å². The minimum atomic E-state index is -3.61. The van der Waals surface area contributed by atoms with Crippen molar-refractivity contribution in [1.82, 2.24) is 0 Å². The van der Waals surface area contributed by atoms with E-state index >= 15 is 0 Å². The van der Waals surface area contributed by atoms with Crippen LogP contribution in [0.2, 0.25) is 5.02 Å². The molecule has 0 spiro atoms. The average Bonchev–Trinajstić information content (AvgIpc) is 2.97. The molecule has 1 aliphatic rings. The van der Waals surface area contributed by atoms with E-state index in [1.165, 1.54) is 31.4 Å². The fraction of sp³-hybridized carbons (Fsp3) is 0.160. The van der Waals surface area contributed by atoms with Gasteiger partial charge >= 0.3 is 5.97 Å². The number of ether oxygens (including phenoxy) is 1. The van der Waals surface area contributed by atoms with E-state index in [1.54, 1.807) is 6.07 Å². The first-order chi connectivity index (χ1) is 21.9. The molecule has 0 saturated carbocycles. The van der Waals surface area contributed by atoms with Gasteiger partial charge in [0.15, 0.2) is 0 Å². The summed E-state index contributed by atoms with van der Waals surface area (Å²) in [5, 5.41) is 0.481. The molecule has 0 bridgehead atoms. The monoisotopic (exact) mass is 982 g/mol. The molecule has 0 aromatic heterocycles. The van der Waals surface area contributed by atoms with E-state index in [0.29, 0.717) is 10.7 Å². The summed E-state index contributed by atoms with van der Waals surface area (Å²) in [5.41, 5.74) is 8.06. The summed E-state index contributed by atoms with van der Waals surface area (Å²) < 4.78 is 27.1. The topological polar surface area (TPSA) is 89.7 Å². The predicted octanol–water partition coefficient (Wildman–Crippen LogP) is 12.2. The zero-order chi connectivity index (χ0) is 35.9. The van der Waals surface area contributed by atoms with Crippen LogP contribution in [0, 0.1) is 18.3 Å². The van der Waals surface area contributed by atoms with E-state index < -0.39 is 9.05 Å². The largest absolute Gasteiger partial charge is 0.469 e. The van der Waals surface area contributed by atoms with Crippen molar-refractivity contribution in [2.24, 2.45) is 5.92 Å². The Labute approximate surface area is 319 Å². The highest BCUT2D eigenvalue weighted by Crippen LogP contribution is 3.16. The molecule has 0 amide bonds. The quantitative estimate of drug-likeness (QED) is 0.0834. The molecule has 1 heterocycles. The molecule has 0 aliphatic carbocycles. The van der Waals surface area contributed by atoms with E-state index in [2.05, 4.69) is 94.0 Å². The maximum Gasteiger partial charge on any atom is 0.312 e. The molecule has 1 aliphatic heterocycles. The number of benzene rings is 3. The van der Waals surface area contributed by atoms with Crippen LogP contribution in [-0.2, 0) is 18.6 Å². The number of hydrogen-bond donors (Lipinski definition) is 1. The van der Waals surface area contributed by atoms with Gasteiger partial charge < -0.3 is 15.4 Å². The number of halogens is 3. The van der Waals surface area contributed by atoms with Crippen LogP contribution >= 0.6 is 136 Å². The summed E-state index contributed by atoms with van der Waals surface area (Å²) in [4.78, 5) is 13.4. The fourth-order valence-corrected chi connectivity index (χ4v) is 107. The van der Waals surface area contributed by atoms with Crippen molar-refractivity contribution in [1.29, 1.82) is 0 Å². The molecule has 1 fully saturated rings. The van der Waals surface area contributed by atoms with Gasteiger partial charge in [0.1, 0.15) is 0 Å². The van der Waals surface area contributed by atoms with E-state index in [9.17, 15) is 13.2 Å². The van der Waals surface area contributed by atoms with Gasteiger partial charge in [-0.25, -0.2) is 8.42 Å². The van der Waals surface area contributed by atoms with Gasteiger partial charge in [-0.05, 0) is 89.5 Å². The first-order valence-corrected chi connectivity index (χ1v) is 37.1. The van der Waals surface area contributed by atoms with Crippen molar-refractivity contribution < 1.29 is 17.9 Å². The Kier molecular flexibility index (Phi) is 25.0. The molecule has 4 rings (SSSR count). The number of carbonyl (C=O) groups excluding carboxylic acids is 1. The highest BCUT2D eigenvalue weighted by Gasteiger charge is 2.33. The average molecular weight is 984 g/mol. The Balaban J connectivity index is 0.000000319. The van der Waals surface area contributed by atoms with E-state index in [4.69, 9.17) is 34.4 Å². The summed E-state index contributed by atoms with van der Waals surface area (Å²) in [6.45, 7) is 2.21. The summed E-state index contributed by atoms with van der Waals surface area (Å²) in [5.74, 6) is 2.40. The molecule has 8 unspecified atom stereocenters. The van der Waals surface area contributed by atoms with Crippen LogP contribution < -0.4 is 10.6 Å². The number of rotatable bonds is 7. The lowest BCUT2D eigenvalue weighted by Crippen LogP contribution is -2.50. The lowest BCUT2D eigenvalue weighted by Gasteiger charge is -2.39. The predicted molar refractivity (Wildman–Crippen MR) is 248 cm³/mol. The van der Waals surface area contributed by atoms with Crippen LogP contribution in [-0.4, -0.2) is 34.6 Å². The summed E-state index contributed by atoms with van der Waals surface area (Å²) in [6, 6.07) is 21.0. The van der Waals surface area contributed by atoms with Crippen LogP contribution in [0.5, 0.6) is 0 Å². The van der Waals surface area contributed by atoms with Crippen molar-refractivity contribution >= 4 is 162 Å². The van der Waals surface area contributed by atoms with E-state index in [1.807, 2.05) is 42.5 Å². The highest BCUT2D eigenvalue weighted by molar-refractivity contribution is 9.21. The zero-order valence-electron chi connectivity index (χ0n) is 25.0. The van der Waals surface area contributed by atoms with Crippen LogP contribution in [0.15, 0.2) is 82.2 Å². The number of methoxy groups -OCH3 is 1. The first kappa shape index (κ1) is 47.5. The summed E-state index contributed by atoms with van der Waals surface area (Å²) in [6.07, 6.45) is 5.12. The molecule has 1 saturated heterocycles. The molecule has 3 aromatic carbocycles. The van der Waals surface area contributed by atoms with Crippen LogP contribution in [0.1, 0.15) is 5.56 Å². The van der Waals surface area contributed by atoms with Gasteiger partial charge in [0.2, 0.25) is 0 Å². The molecule has 0 radical (unpaired) electrons. The number of esters is 1. The molecule has 22 heteroatoms. The summed E-state index contributed by atoms with van der Waals surface area (Å²) in [7, 11) is 23.9. The number of carbonyl (C=O) groups is 1. The first-order valence-electron chi connectivity index (χ1n) is 12.8. The molecule has 6 nitrogen and oxygen atoms in total. The van der Waals surface area contributed by atoms with Crippen molar-refractivity contribution in [2.75, 3.05) is 30.8 Å². The smallest absolute Gasteiger partial charge is 0.312 e. The highest BCUT2D eigenvalue weighted by atomic mass is 79.9. The number of terminal acetylenes is 1. The lowest BCUT2D eigenvalue weighted by molar-refractivity contribution is -0.146. The molecule has 8 atom stereocenters. The fourth-order valence-electron chi connectivity index (χ4n) is 3.33. The SMILES string of the molecule is C#Cc1ccccc1N.COC(=O)C1CN(c2cccc(Br)c2)C1.O=S(=O)(Cl)c1ccc(Cl)cc1.PP(P)P(P)P(P(P)P)P(P)P. The third kappa shape index (κ3) is 18.4. The van der Waals surface area contributed by atoms with Gasteiger partial charge in [-0.3, -0.25) is 4.79 Å². The Morgan fingerprint density at radius 1 is 0.957 bits per heavy atom. The molecule has 47 heavy (non-hydrogen) atoms. The van der Waals surface area contributed by atoms with Gasteiger partial charge in [0, 0.05) is 50.2 Å². The van der Waals surface area contributed by atoms with Crippen LogP contribution in [0.3, 0.4) is 0 Å². The zero-order valence-corrected chi connectivity index (χ0v) is 41.4. The minimum Gasteiger partial charge on any atom is -0.469 e. The number of anilines is 2. The lowest BCUT2D eigenvalue weighted by atomic mass is 9.99. The van der Waals surface area contributed by atoms with E-state index in [0.717, 1.165) is 28.8 Å². The molecule has 2 N–H and O–H groups in total. The second-order valence-corrected chi connectivity index (χ2v) is 57.8. The molecular formula is C25H37BrCl2N2O4P12S. The van der Waals surface area contributed by atoms with E-state index in [-0.39, 0.29) is 51.7 Å². The number of hydrogen-bond acceptors (Lipinski definition) is 6. The Hall–Kier alpha value is 2.46. The van der Waals surface area contributed by atoms with Crippen molar-refractivity contribution in [3.63, 3.8) is 0 Å². The maximum atomic E-state index is 11.2. The van der Waals surface area contributed by atoms with Gasteiger partial charge in [-0.15, -0.1) is 68.9 Å².